The summed E-state index contributed by atoms with van der Waals surface area (Å²) in [6.07, 6.45) is 10.4. The van der Waals surface area contributed by atoms with Gasteiger partial charge in [0, 0.05) is 36.3 Å². The molecule has 1 atom stereocenters. The zero-order valence-electron chi connectivity index (χ0n) is 12.1. The zero-order chi connectivity index (χ0) is 14.2. The summed E-state index contributed by atoms with van der Waals surface area (Å²) in [5, 5.41) is 4.37. The van der Waals surface area contributed by atoms with Crippen LogP contribution in [0.1, 0.15) is 43.1 Å². The number of rotatable bonds is 4. The normalized spacial score (nSPS) is 16.0. The molecule has 0 radical (unpaired) electrons. The molecule has 4 nitrogen and oxygen atoms in total. The van der Waals surface area contributed by atoms with Crippen molar-refractivity contribution in [2.45, 2.75) is 31.7 Å². The molecule has 0 unspecified atom stereocenters. The number of aromatic nitrogens is 4. The highest BCUT2D eigenvalue weighted by molar-refractivity contribution is 5.42. The lowest BCUT2D eigenvalue weighted by atomic mass is 10.1. The van der Waals surface area contributed by atoms with Gasteiger partial charge in [0.2, 0.25) is 0 Å². The van der Waals surface area contributed by atoms with Crippen LogP contribution in [0, 0.1) is 0 Å². The summed E-state index contributed by atoms with van der Waals surface area (Å²) in [5.74, 6) is 1.87. The Morgan fingerprint density at radius 1 is 1.10 bits per heavy atom. The predicted octanol–water partition coefficient (Wildman–Crippen LogP) is 3.56. The summed E-state index contributed by atoms with van der Waals surface area (Å²) in [6.45, 7) is 2.23. The number of hydrogen-bond acceptors (Lipinski definition) is 2. The van der Waals surface area contributed by atoms with Gasteiger partial charge in [-0.1, -0.05) is 18.2 Å². The Bertz CT molecular complexity index is 738. The molecule has 1 aliphatic carbocycles. The second-order valence-electron chi connectivity index (χ2n) is 5.65. The molecular weight excluding hydrogens is 260 g/mol. The molecule has 2 aromatic heterocycles. The van der Waals surface area contributed by atoms with Crippen LogP contribution in [-0.4, -0.2) is 19.3 Å². The quantitative estimate of drug-likeness (QED) is 0.731. The van der Waals surface area contributed by atoms with Gasteiger partial charge >= 0.3 is 0 Å². The molecule has 1 fully saturated rings. The molecule has 0 saturated heterocycles. The fourth-order valence-electron chi connectivity index (χ4n) is 2.92. The predicted molar refractivity (Wildman–Crippen MR) is 81.6 cm³/mol. The van der Waals surface area contributed by atoms with Crippen molar-refractivity contribution in [1.82, 2.24) is 19.3 Å². The van der Waals surface area contributed by atoms with Gasteiger partial charge in [-0.25, -0.2) is 9.67 Å². The molecule has 4 rings (SSSR count). The summed E-state index contributed by atoms with van der Waals surface area (Å²) in [4.78, 5) is 4.56. The SMILES string of the molecule is C[C@@H](c1ccccc1-n1cccn1)n1ccnc1C1CC1. The van der Waals surface area contributed by atoms with Crippen LogP contribution >= 0.6 is 0 Å². The molecule has 4 heteroatoms. The van der Waals surface area contributed by atoms with Gasteiger partial charge < -0.3 is 4.57 Å². The highest BCUT2D eigenvalue weighted by Crippen LogP contribution is 2.40. The molecule has 3 aromatic rings. The maximum atomic E-state index is 4.56. The minimum atomic E-state index is 0.253. The number of nitrogens with zero attached hydrogens (tertiary/aromatic N) is 4. The van der Waals surface area contributed by atoms with E-state index in [-0.39, 0.29) is 6.04 Å². The zero-order valence-corrected chi connectivity index (χ0v) is 12.1. The van der Waals surface area contributed by atoms with E-state index in [1.807, 2.05) is 29.3 Å². The maximum Gasteiger partial charge on any atom is 0.112 e. The smallest absolute Gasteiger partial charge is 0.112 e. The molecule has 106 valence electrons. The van der Waals surface area contributed by atoms with Crippen molar-refractivity contribution < 1.29 is 0 Å². The minimum absolute atomic E-state index is 0.253. The fraction of sp³-hybridized carbons (Fsp3) is 0.294. The van der Waals surface area contributed by atoms with E-state index in [1.165, 1.54) is 24.2 Å². The minimum Gasteiger partial charge on any atom is -0.327 e. The Balaban J connectivity index is 1.77. The van der Waals surface area contributed by atoms with Crippen LogP contribution in [0.25, 0.3) is 5.69 Å². The third-order valence-corrected chi connectivity index (χ3v) is 4.20. The highest BCUT2D eigenvalue weighted by Gasteiger charge is 2.29. The van der Waals surface area contributed by atoms with E-state index in [9.17, 15) is 0 Å². The number of hydrogen-bond donors (Lipinski definition) is 0. The second-order valence-corrected chi connectivity index (χ2v) is 5.65. The Morgan fingerprint density at radius 2 is 1.95 bits per heavy atom. The van der Waals surface area contributed by atoms with E-state index < -0.39 is 0 Å². The van der Waals surface area contributed by atoms with Crippen LogP contribution in [0.4, 0.5) is 0 Å². The van der Waals surface area contributed by atoms with Crippen molar-refractivity contribution in [3.05, 3.63) is 66.5 Å². The van der Waals surface area contributed by atoms with E-state index in [0.717, 1.165) is 5.69 Å². The molecule has 1 aromatic carbocycles. The van der Waals surface area contributed by atoms with Crippen LogP contribution < -0.4 is 0 Å². The summed E-state index contributed by atoms with van der Waals surface area (Å²) in [7, 11) is 0. The lowest BCUT2D eigenvalue weighted by molar-refractivity contribution is 0.597. The van der Waals surface area contributed by atoms with Crippen molar-refractivity contribution in [3.8, 4) is 5.69 Å². The van der Waals surface area contributed by atoms with Crippen molar-refractivity contribution in [3.63, 3.8) is 0 Å². The molecule has 0 amide bonds. The van der Waals surface area contributed by atoms with E-state index in [2.05, 4.69) is 52.0 Å². The van der Waals surface area contributed by atoms with Gasteiger partial charge in [-0.15, -0.1) is 0 Å². The van der Waals surface area contributed by atoms with Gasteiger partial charge in [-0.3, -0.25) is 0 Å². The lowest BCUT2D eigenvalue weighted by Gasteiger charge is -2.20. The van der Waals surface area contributed by atoms with Crippen LogP contribution in [0.2, 0.25) is 0 Å². The van der Waals surface area contributed by atoms with E-state index >= 15 is 0 Å². The summed E-state index contributed by atoms with van der Waals surface area (Å²) in [6, 6.07) is 10.7. The van der Waals surface area contributed by atoms with Crippen LogP contribution in [-0.2, 0) is 0 Å². The lowest BCUT2D eigenvalue weighted by Crippen LogP contribution is -2.12. The molecule has 21 heavy (non-hydrogen) atoms. The molecule has 1 saturated carbocycles. The first-order valence-electron chi connectivity index (χ1n) is 7.46. The van der Waals surface area contributed by atoms with Crippen molar-refractivity contribution >= 4 is 0 Å². The molecule has 1 aliphatic rings. The average Bonchev–Trinajstić information content (AvgIpc) is 3.05. The number of para-hydroxylation sites is 1. The largest absolute Gasteiger partial charge is 0.327 e. The van der Waals surface area contributed by atoms with Gasteiger partial charge in [0.1, 0.15) is 5.82 Å². The van der Waals surface area contributed by atoms with Gasteiger partial charge in [0.25, 0.3) is 0 Å². The number of benzene rings is 1. The first-order chi connectivity index (χ1) is 10.3. The average molecular weight is 278 g/mol. The second kappa shape index (κ2) is 4.88. The van der Waals surface area contributed by atoms with Crippen molar-refractivity contribution in [1.29, 1.82) is 0 Å². The Labute approximate surface area is 124 Å². The van der Waals surface area contributed by atoms with E-state index in [4.69, 9.17) is 0 Å². The maximum absolute atomic E-state index is 4.56. The Kier molecular flexibility index (Phi) is 2.88. The third kappa shape index (κ3) is 2.17. The fourth-order valence-corrected chi connectivity index (χ4v) is 2.92. The molecular formula is C17H18N4. The van der Waals surface area contributed by atoms with Crippen LogP contribution in [0.15, 0.2) is 55.1 Å². The number of imidazole rings is 1. The van der Waals surface area contributed by atoms with Crippen LogP contribution in [0.3, 0.4) is 0 Å². The first-order valence-corrected chi connectivity index (χ1v) is 7.46. The van der Waals surface area contributed by atoms with Crippen molar-refractivity contribution in [2.75, 3.05) is 0 Å². The first kappa shape index (κ1) is 12.4. The summed E-state index contributed by atoms with van der Waals surface area (Å²) < 4.78 is 4.24. The van der Waals surface area contributed by atoms with E-state index in [0.29, 0.717) is 5.92 Å². The van der Waals surface area contributed by atoms with E-state index in [1.54, 1.807) is 0 Å². The van der Waals surface area contributed by atoms with Crippen LogP contribution in [0.5, 0.6) is 0 Å². The monoisotopic (exact) mass is 278 g/mol. The topological polar surface area (TPSA) is 35.6 Å². The van der Waals surface area contributed by atoms with Crippen molar-refractivity contribution in [2.24, 2.45) is 0 Å². The van der Waals surface area contributed by atoms with Gasteiger partial charge in [-0.05, 0) is 31.9 Å². The standard InChI is InChI=1S/C17H18N4/c1-13(20-12-10-18-17(20)14-7-8-14)15-5-2-3-6-16(15)21-11-4-9-19-21/h2-6,9-14H,7-8H2,1H3/t13-/m0/s1. The summed E-state index contributed by atoms with van der Waals surface area (Å²) in [5.41, 5.74) is 2.39. The summed E-state index contributed by atoms with van der Waals surface area (Å²) >= 11 is 0. The third-order valence-electron chi connectivity index (χ3n) is 4.20. The van der Waals surface area contributed by atoms with Gasteiger partial charge in [0.15, 0.2) is 0 Å². The highest BCUT2D eigenvalue weighted by atomic mass is 15.3. The molecule has 2 heterocycles. The molecule has 0 aliphatic heterocycles. The molecule has 0 N–H and O–H groups in total. The van der Waals surface area contributed by atoms with Gasteiger partial charge in [0.05, 0.1) is 11.7 Å². The molecule has 0 spiro atoms. The molecule has 0 bridgehead atoms. The Hall–Kier alpha value is -2.36. The van der Waals surface area contributed by atoms with Gasteiger partial charge in [-0.2, -0.15) is 5.10 Å². The Morgan fingerprint density at radius 3 is 2.71 bits per heavy atom.